The number of hydrogen-bond donors (Lipinski definition) is 4. The average molecular weight is 722 g/mol. The summed E-state index contributed by atoms with van der Waals surface area (Å²) in [6.45, 7) is -0.0305. The topological polar surface area (TPSA) is 143 Å². The van der Waals surface area contributed by atoms with Gasteiger partial charge in [0.2, 0.25) is 11.8 Å². The van der Waals surface area contributed by atoms with Crippen LogP contribution in [0, 0.1) is 0 Å². The molecule has 4 N–H and O–H groups in total. The van der Waals surface area contributed by atoms with Gasteiger partial charge in [-0.2, -0.15) is 0 Å². The number of aromatic nitrogens is 1. The van der Waals surface area contributed by atoms with Crippen molar-refractivity contribution in [2.24, 2.45) is 0 Å². The van der Waals surface area contributed by atoms with Crippen molar-refractivity contribution in [3.63, 3.8) is 0 Å². The maximum Gasteiger partial charge on any atom is 0.256 e. The van der Waals surface area contributed by atoms with E-state index in [-0.39, 0.29) is 31.1 Å². The van der Waals surface area contributed by atoms with Crippen LogP contribution in [-0.4, -0.2) is 39.0 Å². The molecule has 1 aromatic heterocycles. The van der Waals surface area contributed by atoms with Crippen LogP contribution in [0.5, 0.6) is 0 Å². The third kappa shape index (κ3) is 10.2. The van der Waals surface area contributed by atoms with E-state index in [1.54, 1.807) is 5.48 Å². The minimum Gasteiger partial charge on any atom is -0.431 e. The van der Waals surface area contributed by atoms with Crippen molar-refractivity contribution in [3.05, 3.63) is 126 Å². The van der Waals surface area contributed by atoms with Crippen LogP contribution >= 0.6 is 11.8 Å². The molecule has 270 valence electrons. The molecular weight excluding hydrogens is 679 g/mol. The molecule has 1 saturated heterocycles. The zero-order valence-electron chi connectivity index (χ0n) is 28.8. The second kappa shape index (κ2) is 18.6. The maximum absolute atomic E-state index is 12.6. The maximum atomic E-state index is 12.6. The monoisotopic (exact) mass is 721 g/mol. The van der Waals surface area contributed by atoms with E-state index in [9.17, 15) is 14.7 Å². The Morgan fingerprint density at radius 2 is 1.38 bits per heavy atom. The first kappa shape index (κ1) is 37.0. The first-order chi connectivity index (χ1) is 25.5. The lowest BCUT2D eigenvalue weighted by Gasteiger charge is -2.36. The lowest BCUT2D eigenvalue weighted by Crippen LogP contribution is -2.31. The van der Waals surface area contributed by atoms with Gasteiger partial charge in [-0.3, -0.25) is 14.8 Å². The van der Waals surface area contributed by atoms with Crippen molar-refractivity contribution >= 4 is 29.3 Å². The summed E-state index contributed by atoms with van der Waals surface area (Å²) in [6, 6.07) is 35.3. The number of benzene rings is 4. The predicted molar refractivity (Wildman–Crippen MR) is 199 cm³/mol. The molecule has 3 atom stereocenters. The lowest BCUT2D eigenvalue weighted by atomic mass is 10.0. The first-order valence-corrected chi connectivity index (χ1v) is 18.6. The van der Waals surface area contributed by atoms with Crippen LogP contribution in [0.2, 0.25) is 0 Å². The van der Waals surface area contributed by atoms with E-state index in [2.05, 4.69) is 5.32 Å². The van der Waals surface area contributed by atoms with Gasteiger partial charge in [0, 0.05) is 47.4 Å². The van der Waals surface area contributed by atoms with Crippen molar-refractivity contribution in [2.45, 2.75) is 75.3 Å². The summed E-state index contributed by atoms with van der Waals surface area (Å²) in [5, 5.41) is 21.7. The van der Waals surface area contributed by atoms with Crippen molar-refractivity contribution in [2.75, 3.05) is 11.1 Å². The van der Waals surface area contributed by atoms with Crippen molar-refractivity contribution < 1.29 is 33.8 Å². The van der Waals surface area contributed by atoms with Gasteiger partial charge in [0.05, 0.1) is 18.8 Å². The van der Waals surface area contributed by atoms with E-state index >= 15 is 0 Å². The number of hydroxylamine groups is 1. The highest BCUT2D eigenvalue weighted by molar-refractivity contribution is 7.99. The molecule has 1 aliphatic heterocycles. The average Bonchev–Trinajstić information content (AvgIpc) is 3.63. The fourth-order valence-electron chi connectivity index (χ4n) is 6.05. The zero-order chi connectivity index (χ0) is 36.1. The Balaban J connectivity index is 1.12. The minimum absolute atomic E-state index is 0.0305. The number of ether oxygens (including phenoxy) is 2. The molecule has 10 nitrogen and oxygen atoms in total. The van der Waals surface area contributed by atoms with Crippen LogP contribution in [0.4, 0.5) is 5.69 Å². The lowest BCUT2D eigenvalue weighted by molar-refractivity contribution is -0.245. The molecule has 6 rings (SSSR count). The van der Waals surface area contributed by atoms with E-state index in [0.29, 0.717) is 42.3 Å². The number of hydrogen-bond acceptors (Lipinski definition) is 9. The van der Waals surface area contributed by atoms with Gasteiger partial charge in [-0.25, -0.2) is 10.5 Å². The van der Waals surface area contributed by atoms with Crippen LogP contribution in [-0.2, 0) is 25.7 Å². The van der Waals surface area contributed by atoms with Gasteiger partial charge in [0.25, 0.3) is 5.22 Å². The molecule has 4 aromatic carbocycles. The number of anilines is 1. The van der Waals surface area contributed by atoms with E-state index < -0.39 is 12.2 Å². The van der Waals surface area contributed by atoms with Crippen LogP contribution in [0.1, 0.15) is 74.0 Å². The number of thioether (sulfide) groups is 1. The van der Waals surface area contributed by atoms with Gasteiger partial charge < -0.3 is 24.3 Å². The van der Waals surface area contributed by atoms with E-state index in [0.717, 1.165) is 52.1 Å². The summed E-state index contributed by atoms with van der Waals surface area (Å²) in [4.78, 5) is 28.6. The van der Waals surface area contributed by atoms with Gasteiger partial charge >= 0.3 is 0 Å². The first-order valence-electron chi connectivity index (χ1n) is 17.6. The SMILES string of the molecule is O=C(CCCCCCC(=O)Nc1ccc([C@@H]2O[C@@H](CSc3nc(-c4ccccc4)c(-c4ccccc4)o3)C[C@H](c3ccc(CO)cc3)O2)cc1)NO. The molecule has 1 fully saturated rings. The molecule has 2 heterocycles. The number of aliphatic hydroxyl groups excluding tert-OH is 1. The minimum atomic E-state index is -0.649. The van der Waals surface area contributed by atoms with E-state index in [1.807, 2.05) is 109 Å². The summed E-state index contributed by atoms with van der Waals surface area (Å²) in [6.07, 6.45) is 3.17. The number of amides is 2. The third-order valence-corrected chi connectivity index (χ3v) is 9.81. The van der Waals surface area contributed by atoms with Gasteiger partial charge in [-0.1, -0.05) is 122 Å². The van der Waals surface area contributed by atoms with Crippen molar-refractivity contribution in [1.82, 2.24) is 10.5 Å². The number of oxazole rings is 1. The van der Waals surface area contributed by atoms with Crippen molar-refractivity contribution in [3.8, 4) is 22.6 Å². The number of carbonyl (C=O) groups is 2. The smallest absolute Gasteiger partial charge is 0.256 e. The van der Waals surface area contributed by atoms with Gasteiger partial charge in [-0.05, 0) is 36.1 Å². The molecule has 0 spiro atoms. The number of nitrogens with zero attached hydrogens (tertiary/aromatic N) is 1. The summed E-state index contributed by atoms with van der Waals surface area (Å²) >= 11 is 1.51. The van der Waals surface area contributed by atoms with Gasteiger partial charge in [0.1, 0.15) is 5.69 Å². The number of nitrogens with one attached hydrogen (secondary N) is 2. The predicted octanol–water partition coefficient (Wildman–Crippen LogP) is 8.62. The largest absolute Gasteiger partial charge is 0.431 e. The van der Waals surface area contributed by atoms with E-state index in [1.165, 1.54) is 11.8 Å². The molecule has 2 amide bonds. The summed E-state index contributed by atoms with van der Waals surface area (Å²) < 4.78 is 19.4. The quantitative estimate of drug-likeness (QED) is 0.0341. The molecule has 0 unspecified atom stereocenters. The van der Waals surface area contributed by atoms with E-state index in [4.69, 9.17) is 24.1 Å². The highest BCUT2D eigenvalue weighted by atomic mass is 32.2. The molecular formula is C41H43N3O7S. The molecule has 0 saturated carbocycles. The molecule has 0 bridgehead atoms. The van der Waals surface area contributed by atoms with Crippen molar-refractivity contribution in [1.29, 1.82) is 0 Å². The second-order valence-electron chi connectivity index (χ2n) is 12.7. The van der Waals surface area contributed by atoms with Gasteiger partial charge in [-0.15, -0.1) is 0 Å². The number of carbonyl (C=O) groups excluding carboxylic acids is 2. The molecule has 11 heteroatoms. The third-order valence-electron chi connectivity index (χ3n) is 8.85. The number of aliphatic hydroxyl groups is 1. The Hall–Kier alpha value is -4.78. The number of rotatable bonds is 16. The molecule has 1 aliphatic rings. The summed E-state index contributed by atoms with van der Waals surface area (Å²) in [7, 11) is 0. The van der Waals surface area contributed by atoms with Crippen LogP contribution in [0.25, 0.3) is 22.6 Å². The molecule has 0 radical (unpaired) electrons. The second-order valence-corrected chi connectivity index (χ2v) is 13.6. The normalized spacial score (nSPS) is 17.1. The van der Waals surface area contributed by atoms with Crippen LogP contribution in [0.3, 0.4) is 0 Å². The molecule has 5 aromatic rings. The Kier molecular flexibility index (Phi) is 13.3. The van der Waals surface area contributed by atoms with Gasteiger partial charge in [0.15, 0.2) is 12.1 Å². The van der Waals surface area contributed by atoms with Crippen LogP contribution in [0.15, 0.2) is 119 Å². The Morgan fingerprint density at radius 1 is 0.750 bits per heavy atom. The summed E-state index contributed by atoms with van der Waals surface area (Å²) in [5.41, 5.74) is 7.69. The summed E-state index contributed by atoms with van der Waals surface area (Å²) in [5.74, 6) is 0.829. The fraction of sp³-hybridized carbons (Fsp3) is 0.293. The highest BCUT2D eigenvalue weighted by Crippen LogP contribution is 2.41. The Morgan fingerprint density at radius 3 is 2.04 bits per heavy atom. The molecule has 52 heavy (non-hydrogen) atoms. The fourth-order valence-corrected chi connectivity index (χ4v) is 6.89. The zero-order valence-corrected chi connectivity index (χ0v) is 29.6. The number of unbranched alkanes of at least 4 members (excludes halogenated alkanes) is 3. The van der Waals surface area contributed by atoms with Crippen LogP contribution < -0.4 is 10.8 Å². The Labute approximate surface area is 307 Å². The standard InChI is InChI=1S/C41H43N3O7S/c45-26-28-17-19-29(20-18-28)35-25-34(27-52-41-43-38(30-11-5-3-6-12-30)39(51-41)31-13-7-4-8-14-31)49-40(50-35)32-21-23-33(24-22-32)42-36(46)15-9-1-2-10-16-37(47)44-48/h3-8,11-14,17-24,34-35,40,45,48H,1-2,9-10,15-16,25-27H2,(H,42,46)(H,44,47)/t34-,35-,40-/m1/s1. The highest BCUT2D eigenvalue weighted by Gasteiger charge is 2.33. The Bertz CT molecular complexity index is 1810. The molecule has 0 aliphatic carbocycles.